The minimum Gasteiger partial charge on any atom is -0.477 e. The zero-order valence-corrected chi connectivity index (χ0v) is 13.1. The van der Waals surface area contributed by atoms with Crippen LogP contribution < -0.4 is 4.72 Å². The van der Waals surface area contributed by atoms with E-state index in [1.54, 1.807) is 6.92 Å². The second kappa shape index (κ2) is 8.16. The lowest BCUT2D eigenvalue weighted by atomic mass is 10.4. The zero-order chi connectivity index (χ0) is 15.9. The molecule has 0 radical (unpaired) electrons. The first kappa shape index (κ1) is 17.7. The number of unbranched alkanes of at least 4 members (excludes halogenated alkanes) is 1. The number of nitrogens with one attached hydrogen (secondary N) is 1. The fraction of sp³-hybridized carbons (Fsp3) is 0.615. The number of rotatable bonds is 10. The summed E-state index contributed by atoms with van der Waals surface area (Å²) in [7, 11) is -3.71. The predicted molar refractivity (Wildman–Crippen MR) is 78.0 cm³/mol. The van der Waals surface area contributed by atoms with Crippen LogP contribution in [0.5, 0.6) is 0 Å². The SMILES string of the molecule is CCCCOCCNS(=O)(=O)c1cc(C(=O)O)n(CC)c1. The van der Waals surface area contributed by atoms with Crippen LogP contribution in [-0.4, -0.2) is 43.8 Å². The normalized spacial score (nSPS) is 11.7. The highest BCUT2D eigenvalue weighted by Crippen LogP contribution is 2.14. The molecule has 2 N–H and O–H groups in total. The van der Waals surface area contributed by atoms with Crippen LogP contribution in [0.2, 0.25) is 0 Å². The van der Waals surface area contributed by atoms with E-state index < -0.39 is 16.0 Å². The molecule has 1 rings (SSSR count). The topological polar surface area (TPSA) is 97.6 Å². The number of nitrogens with zero attached hydrogens (tertiary/aromatic N) is 1. The van der Waals surface area contributed by atoms with Crippen LogP contribution in [0.3, 0.4) is 0 Å². The lowest BCUT2D eigenvalue weighted by molar-refractivity contribution is 0.0685. The predicted octanol–water partition coefficient (Wildman–Crippen LogP) is 1.30. The first-order chi connectivity index (χ1) is 9.92. The number of aromatic carboxylic acids is 1. The van der Waals surface area contributed by atoms with Crippen LogP contribution in [-0.2, 0) is 21.3 Å². The first-order valence-electron chi connectivity index (χ1n) is 6.93. The summed E-state index contributed by atoms with van der Waals surface area (Å²) in [5.74, 6) is -1.15. The molecular weight excluding hydrogens is 296 g/mol. The monoisotopic (exact) mass is 318 g/mol. The number of aromatic nitrogens is 1. The molecule has 1 heterocycles. The Morgan fingerprint density at radius 3 is 2.62 bits per heavy atom. The second-order valence-electron chi connectivity index (χ2n) is 4.52. The van der Waals surface area contributed by atoms with Crippen LogP contribution in [0.15, 0.2) is 17.2 Å². The minimum atomic E-state index is -3.71. The highest BCUT2D eigenvalue weighted by molar-refractivity contribution is 7.89. The van der Waals surface area contributed by atoms with E-state index in [0.717, 1.165) is 18.9 Å². The van der Waals surface area contributed by atoms with E-state index in [-0.39, 0.29) is 17.1 Å². The third-order valence-corrected chi connectivity index (χ3v) is 4.35. The fourth-order valence-electron chi connectivity index (χ4n) is 1.75. The molecule has 7 nitrogen and oxygen atoms in total. The fourth-order valence-corrected chi connectivity index (χ4v) is 2.80. The quantitative estimate of drug-likeness (QED) is 0.634. The van der Waals surface area contributed by atoms with Crippen LogP contribution in [0.4, 0.5) is 0 Å². The minimum absolute atomic E-state index is 0.0444. The van der Waals surface area contributed by atoms with E-state index in [2.05, 4.69) is 4.72 Å². The molecule has 0 aromatic carbocycles. The van der Waals surface area contributed by atoms with Gasteiger partial charge in [0.2, 0.25) is 10.0 Å². The summed E-state index contributed by atoms with van der Waals surface area (Å²) in [6, 6.07) is 1.16. The molecule has 0 aliphatic rings. The molecule has 0 fully saturated rings. The van der Waals surface area contributed by atoms with Crippen molar-refractivity contribution in [1.29, 1.82) is 0 Å². The molecule has 0 saturated carbocycles. The number of ether oxygens (including phenoxy) is 1. The molecule has 120 valence electrons. The molecule has 0 saturated heterocycles. The van der Waals surface area contributed by atoms with Gasteiger partial charge in [-0.2, -0.15) is 0 Å². The van der Waals surface area contributed by atoms with Gasteiger partial charge in [-0.1, -0.05) is 13.3 Å². The Kier molecular flexibility index (Phi) is 6.86. The van der Waals surface area contributed by atoms with Crippen molar-refractivity contribution in [2.24, 2.45) is 0 Å². The van der Waals surface area contributed by atoms with E-state index >= 15 is 0 Å². The van der Waals surface area contributed by atoms with Gasteiger partial charge >= 0.3 is 5.97 Å². The maximum absolute atomic E-state index is 12.1. The lowest BCUT2D eigenvalue weighted by Crippen LogP contribution is -2.27. The molecule has 0 amide bonds. The standard InChI is InChI=1S/C13H22N2O5S/c1-3-5-7-20-8-6-14-21(18,19)11-9-12(13(16)17)15(4-2)10-11/h9-10,14H,3-8H2,1-2H3,(H,16,17). The summed E-state index contributed by atoms with van der Waals surface area (Å²) >= 11 is 0. The molecule has 0 aliphatic heterocycles. The largest absolute Gasteiger partial charge is 0.477 e. The maximum Gasteiger partial charge on any atom is 0.352 e. The van der Waals surface area contributed by atoms with E-state index in [1.165, 1.54) is 10.8 Å². The third-order valence-electron chi connectivity index (χ3n) is 2.92. The van der Waals surface area contributed by atoms with Crippen molar-refractivity contribution in [2.45, 2.75) is 38.1 Å². The van der Waals surface area contributed by atoms with Gasteiger partial charge in [-0.25, -0.2) is 17.9 Å². The molecule has 8 heteroatoms. The Morgan fingerprint density at radius 1 is 1.38 bits per heavy atom. The Hall–Kier alpha value is -1.38. The van der Waals surface area contributed by atoms with E-state index in [4.69, 9.17) is 9.84 Å². The molecule has 21 heavy (non-hydrogen) atoms. The summed E-state index contributed by atoms with van der Waals surface area (Å²) in [4.78, 5) is 11.0. The number of carbonyl (C=O) groups is 1. The van der Waals surface area contributed by atoms with Crippen LogP contribution in [0, 0.1) is 0 Å². The molecule has 0 spiro atoms. The summed E-state index contributed by atoms with van der Waals surface area (Å²) in [5.41, 5.74) is -0.0444. The average molecular weight is 318 g/mol. The Balaban J connectivity index is 2.64. The number of aryl methyl sites for hydroxylation is 1. The Labute approximate surface area is 125 Å². The molecule has 1 aromatic heterocycles. The maximum atomic E-state index is 12.1. The highest BCUT2D eigenvalue weighted by Gasteiger charge is 2.20. The Bertz CT molecular complexity index is 565. The van der Waals surface area contributed by atoms with Crippen molar-refractivity contribution in [3.63, 3.8) is 0 Å². The lowest BCUT2D eigenvalue weighted by Gasteiger charge is -2.05. The van der Waals surface area contributed by atoms with Gasteiger partial charge in [0, 0.05) is 25.9 Å². The van der Waals surface area contributed by atoms with Gasteiger partial charge in [0.25, 0.3) is 0 Å². The third kappa shape index (κ3) is 5.14. The van der Waals surface area contributed by atoms with Gasteiger partial charge in [-0.05, 0) is 19.4 Å². The second-order valence-corrected chi connectivity index (χ2v) is 6.28. The molecule has 0 atom stereocenters. The summed E-state index contributed by atoms with van der Waals surface area (Å²) in [6.07, 6.45) is 3.28. The van der Waals surface area contributed by atoms with Crippen molar-refractivity contribution in [3.8, 4) is 0 Å². The van der Waals surface area contributed by atoms with E-state index in [1.807, 2.05) is 6.92 Å². The van der Waals surface area contributed by atoms with Gasteiger partial charge in [0.1, 0.15) is 10.6 Å². The van der Waals surface area contributed by atoms with Crippen molar-refractivity contribution >= 4 is 16.0 Å². The summed E-state index contributed by atoms with van der Waals surface area (Å²) in [6.45, 7) is 5.23. The number of hydrogen-bond acceptors (Lipinski definition) is 4. The van der Waals surface area contributed by atoms with Gasteiger partial charge in [-0.3, -0.25) is 0 Å². The number of hydrogen-bond donors (Lipinski definition) is 2. The Morgan fingerprint density at radius 2 is 2.10 bits per heavy atom. The highest BCUT2D eigenvalue weighted by atomic mass is 32.2. The first-order valence-corrected chi connectivity index (χ1v) is 8.41. The van der Waals surface area contributed by atoms with Gasteiger partial charge in [0.15, 0.2) is 0 Å². The molecular formula is C13H22N2O5S. The number of carboxylic acids is 1. The smallest absolute Gasteiger partial charge is 0.352 e. The number of carboxylic acid groups (broad SMARTS) is 1. The van der Waals surface area contributed by atoms with Gasteiger partial charge in [0.05, 0.1) is 6.61 Å². The van der Waals surface area contributed by atoms with Gasteiger partial charge < -0.3 is 14.4 Å². The van der Waals surface area contributed by atoms with Crippen molar-refractivity contribution in [3.05, 3.63) is 18.0 Å². The molecule has 0 bridgehead atoms. The summed E-state index contributed by atoms with van der Waals surface area (Å²) in [5, 5.41) is 9.02. The van der Waals surface area contributed by atoms with Gasteiger partial charge in [-0.15, -0.1) is 0 Å². The molecule has 1 aromatic rings. The van der Waals surface area contributed by atoms with Crippen molar-refractivity contribution in [1.82, 2.24) is 9.29 Å². The van der Waals surface area contributed by atoms with E-state index in [0.29, 0.717) is 19.8 Å². The van der Waals surface area contributed by atoms with Crippen molar-refractivity contribution in [2.75, 3.05) is 19.8 Å². The molecule has 0 unspecified atom stereocenters. The van der Waals surface area contributed by atoms with Crippen LogP contribution >= 0.6 is 0 Å². The number of sulfonamides is 1. The molecule has 0 aliphatic carbocycles. The summed E-state index contributed by atoms with van der Waals surface area (Å²) < 4.78 is 33.2. The van der Waals surface area contributed by atoms with Crippen molar-refractivity contribution < 1.29 is 23.1 Å². The van der Waals surface area contributed by atoms with Crippen LogP contribution in [0.1, 0.15) is 37.2 Å². The zero-order valence-electron chi connectivity index (χ0n) is 12.3. The van der Waals surface area contributed by atoms with Crippen LogP contribution in [0.25, 0.3) is 0 Å². The average Bonchev–Trinajstić information content (AvgIpc) is 2.88. The van der Waals surface area contributed by atoms with E-state index in [9.17, 15) is 13.2 Å².